The Balaban J connectivity index is 3.69. The molecule has 2 atom stereocenters. The summed E-state index contributed by atoms with van der Waals surface area (Å²) in [5, 5.41) is 28.3. The number of carbonyl (C=O) groups excluding carboxylic acids is 2. The molecule has 0 spiro atoms. The van der Waals surface area contributed by atoms with Gasteiger partial charge in [-0.3, -0.25) is 9.59 Å². The summed E-state index contributed by atoms with van der Waals surface area (Å²) < 4.78 is 0. The zero-order chi connectivity index (χ0) is 23.0. The third-order valence-corrected chi connectivity index (χ3v) is 5.58. The number of unbranched alkanes of at least 4 members (excludes halogenated alkanes) is 11. The number of ketones is 2. The van der Waals surface area contributed by atoms with Crippen LogP contribution in [0, 0.1) is 5.92 Å². The lowest BCUT2D eigenvalue weighted by Gasteiger charge is -2.22. The number of rotatable bonds is 20. The minimum absolute atomic E-state index is 0.138. The van der Waals surface area contributed by atoms with E-state index in [9.17, 15) is 24.6 Å². The standard InChI is InChI=1S/C24H44O6/c1-19(2)16-14-12-10-8-6-4-5-7-9-11-13-15-17-21(26)18-24(30,23(28)29)22(27)20(3)25/h19-20,25,30H,4-18H2,1-3H3,(H,28,29). The van der Waals surface area contributed by atoms with Gasteiger partial charge >= 0.3 is 5.97 Å². The molecule has 0 aromatic carbocycles. The second-order valence-electron chi connectivity index (χ2n) is 9.10. The molecule has 2 unspecified atom stereocenters. The summed E-state index contributed by atoms with van der Waals surface area (Å²) >= 11 is 0. The van der Waals surface area contributed by atoms with Crippen molar-refractivity contribution in [1.82, 2.24) is 0 Å². The maximum atomic E-state index is 12.0. The highest BCUT2D eigenvalue weighted by atomic mass is 16.4. The Kier molecular flexibility index (Phi) is 15.7. The highest BCUT2D eigenvalue weighted by molar-refractivity contribution is 6.10. The smallest absolute Gasteiger partial charge is 0.344 e. The minimum atomic E-state index is -2.83. The van der Waals surface area contributed by atoms with E-state index >= 15 is 0 Å². The summed E-state index contributed by atoms with van der Waals surface area (Å²) in [6, 6.07) is 0. The van der Waals surface area contributed by atoms with Crippen LogP contribution in [-0.2, 0) is 14.4 Å². The van der Waals surface area contributed by atoms with E-state index in [2.05, 4.69) is 13.8 Å². The molecule has 0 aliphatic carbocycles. The molecule has 0 saturated carbocycles. The zero-order valence-electron chi connectivity index (χ0n) is 19.3. The van der Waals surface area contributed by atoms with Gasteiger partial charge in [-0.25, -0.2) is 4.79 Å². The average Bonchev–Trinajstić information content (AvgIpc) is 2.66. The number of carboxylic acids is 1. The van der Waals surface area contributed by atoms with Gasteiger partial charge < -0.3 is 15.3 Å². The average molecular weight is 429 g/mol. The fraction of sp³-hybridized carbons (Fsp3) is 0.875. The summed E-state index contributed by atoms with van der Waals surface area (Å²) in [5.41, 5.74) is -2.83. The van der Waals surface area contributed by atoms with Crippen molar-refractivity contribution in [1.29, 1.82) is 0 Å². The third-order valence-electron chi connectivity index (χ3n) is 5.58. The van der Waals surface area contributed by atoms with Crippen molar-refractivity contribution in [3.63, 3.8) is 0 Å². The molecule has 30 heavy (non-hydrogen) atoms. The summed E-state index contributed by atoms with van der Waals surface area (Å²) in [5.74, 6) is -2.70. The van der Waals surface area contributed by atoms with Crippen molar-refractivity contribution in [2.45, 2.75) is 129 Å². The van der Waals surface area contributed by atoms with Crippen LogP contribution >= 0.6 is 0 Å². The zero-order valence-corrected chi connectivity index (χ0v) is 19.3. The molecule has 0 fully saturated rings. The van der Waals surface area contributed by atoms with E-state index in [1.807, 2.05) is 0 Å². The van der Waals surface area contributed by atoms with Crippen LogP contribution in [0.15, 0.2) is 0 Å². The molecule has 6 nitrogen and oxygen atoms in total. The van der Waals surface area contributed by atoms with Crippen LogP contribution in [0.3, 0.4) is 0 Å². The number of Topliss-reactive ketones (excluding diaryl/α,β-unsaturated/α-hetero) is 2. The summed E-state index contributed by atoms with van der Waals surface area (Å²) in [6.45, 7) is 5.63. The quantitative estimate of drug-likeness (QED) is 0.189. The van der Waals surface area contributed by atoms with E-state index < -0.39 is 35.7 Å². The number of aliphatic hydroxyl groups is 2. The van der Waals surface area contributed by atoms with Gasteiger partial charge in [-0.15, -0.1) is 0 Å². The number of aliphatic carboxylic acids is 1. The highest BCUT2D eigenvalue weighted by Crippen LogP contribution is 2.18. The van der Waals surface area contributed by atoms with Crippen LogP contribution in [0.5, 0.6) is 0 Å². The fourth-order valence-corrected chi connectivity index (χ4v) is 3.63. The van der Waals surface area contributed by atoms with Crippen LogP contribution in [0.1, 0.15) is 117 Å². The van der Waals surface area contributed by atoms with Crippen molar-refractivity contribution < 1.29 is 29.7 Å². The van der Waals surface area contributed by atoms with Gasteiger partial charge in [0.05, 0.1) is 6.42 Å². The first-order valence-electron chi connectivity index (χ1n) is 11.8. The largest absolute Gasteiger partial charge is 0.479 e. The Morgan fingerprint density at radius 3 is 1.50 bits per heavy atom. The van der Waals surface area contributed by atoms with Crippen LogP contribution < -0.4 is 0 Å². The molecule has 0 aromatic rings. The van der Waals surface area contributed by atoms with Gasteiger partial charge in [-0.1, -0.05) is 90.9 Å². The second kappa shape index (κ2) is 16.4. The molecule has 0 aliphatic rings. The molecule has 6 heteroatoms. The van der Waals surface area contributed by atoms with E-state index in [0.717, 1.165) is 32.1 Å². The number of carbonyl (C=O) groups is 3. The molecular formula is C24H44O6. The normalized spacial score (nSPS) is 14.5. The number of carboxylic acid groups (broad SMARTS) is 1. The SMILES string of the molecule is CC(C)CCCCCCCCCCCCCCC(=O)CC(O)(C(=O)O)C(=O)C(C)O. The molecule has 0 rings (SSSR count). The van der Waals surface area contributed by atoms with Gasteiger partial charge in [0.25, 0.3) is 0 Å². The topological polar surface area (TPSA) is 112 Å². The first kappa shape index (κ1) is 28.7. The fourth-order valence-electron chi connectivity index (χ4n) is 3.63. The van der Waals surface area contributed by atoms with Gasteiger partial charge in [0.15, 0.2) is 0 Å². The maximum absolute atomic E-state index is 12.0. The Labute approximate surface area is 182 Å². The van der Waals surface area contributed by atoms with Crippen LogP contribution in [0.4, 0.5) is 0 Å². The van der Waals surface area contributed by atoms with Gasteiger partial charge in [0.2, 0.25) is 11.4 Å². The molecule has 0 saturated heterocycles. The monoisotopic (exact) mass is 428 g/mol. The van der Waals surface area contributed by atoms with Crippen LogP contribution in [-0.4, -0.2) is 44.6 Å². The molecule has 0 amide bonds. The molecule has 0 bridgehead atoms. The van der Waals surface area contributed by atoms with Gasteiger partial charge in [0, 0.05) is 6.42 Å². The first-order valence-corrected chi connectivity index (χ1v) is 11.8. The van der Waals surface area contributed by atoms with Gasteiger partial charge in [0.1, 0.15) is 11.9 Å². The molecular weight excluding hydrogens is 384 g/mol. The summed E-state index contributed by atoms with van der Waals surface area (Å²) in [6.07, 6.45) is 13.1. The number of aliphatic hydroxyl groups excluding tert-OH is 1. The van der Waals surface area contributed by atoms with Gasteiger partial charge in [-0.2, -0.15) is 0 Å². The van der Waals surface area contributed by atoms with Crippen molar-refractivity contribution >= 4 is 17.5 Å². The predicted octanol–water partition coefficient (Wildman–Crippen LogP) is 4.83. The molecule has 0 radical (unpaired) electrons. The Morgan fingerprint density at radius 2 is 1.13 bits per heavy atom. The van der Waals surface area contributed by atoms with Crippen molar-refractivity contribution in [3.8, 4) is 0 Å². The maximum Gasteiger partial charge on any atom is 0.344 e. The summed E-state index contributed by atoms with van der Waals surface area (Å²) in [7, 11) is 0. The number of hydrogen-bond donors (Lipinski definition) is 3. The van der Waals surface area contributed by atoms with Crippen molar-refractivity contribution in [2.75, 3.05) is 0 Å². The van der Waals surface area contributed by atoms with Crippen LogP contribution in [0.25, 0.3) is 0 Å². The van der Waals surface area contributed by atoms with Crippen LogP contribution in [0.2, 0.25) is 0 Å². The lowest BCUT2D eigenvalue weighted by atomic mass is 9.88. The molecule has 3 N–H and O–H groups in total. The minimum Gasteiger partial charge on any atom is -0.479 e. The van der Waals surface area contributed by atoms with E-state index in [1.165, 1.54) is 57.8 Å². The lowest BCUT2D eigenvalue weighted by Crippen LogP contribution is -2.52. The van der Waals surface area contributed by atoms with E-state index in [-0.39, 0.29) is 6.42 Å². The Bertz CT molecular complexity index is 500. The highest BCUT2D eigenvalue weighted by Gasteiger charge is 2.47. The number of hydrogen-bond acceptors (Lipinski definition) is 5. The molecule has 176 valence electrons. The van der Waals surface area contributed by atoms with Crippen molar-refractivity contribution in [3.05, 3.63) is 0 Å². The van der Waals surface area contributed by atoms with E-state index in [4.69, 9.17) is 5.11 Å². The Morgan fingerprint density at radius 1 is 0.733 bits per heavy atom. The second-order valence-corrected chi connectivity index (χ2v) is 9.10. The molecule has 0 heterocycles. The molecule has 0 aliphatic heterocycles. The Hall–Kier alpha value is -1.27. The van der Waals surface area contributed by atoms with Crippen molar-refractivity contribution in [2.24, 2.45) is 5.92 Å². The lowest BCUT2D eigenvalue weighted by molar-refractivity contribution is -0.171. The summed E-state index contributed by atoms with van der Waals surface area (Å²) in [4.78, 5) is 34.9. The predicted molar refractivity (Wildman–Crippen MR) is 118 cm³/mol. The van der Waals surface area contributed by atoms with E-state index in [0.29, 0.717) is 6.42 Å². The molecule has 0 aromatic heterocycles. The van der Waals surface area contributed by atoms with Gasteiger partial charge in [-0.05, 0) is 19.3 Å². The van der Waals surface area contributed by atoms with E-state index in [1.54, 1.807) is 0 Å². The third kappa shape index (κ3) is 13.1. The first-order chi connectivity index (χ1) is 14.1.